The average molecular weight is 366 g/mol. The molecular formula is C22H27N3S. The number of nitrogens with zero attached hydrogens (tertiary/aromatic N) is 3. The Bertz CT molecular complexity index is 768. The molecule has 0 N–H and O–H groups in total. The highest BCUT2D eigenvalue weighted by atomic mass is 32.2. The van der Waals surface area contributed by atoms with Crippen molar-refractivity contribution in [2.24, 2.45) is 0 Å². The molecule has 136 valence electrons. The molecule has 3 heterocycles. The standard InChI is InChI=1S/C22H27N3S/c1-2-5-17(6-3-1)21-23-15-18-7-11-22(20(18)24-21)10-4-12-25(16-22)19-8-13-26-14-9-19/h1-3,5-6,15,19H,4,7-14,16H2. The van der Waals surface area contributed by atoms with Gasteiger partial charge >= 0.3 is 0 Å². The third-order valence-electron chi connectivity index (χ3n) is 6.59. The smallest absolute Gasteiger partial charge is 0.159 e. The van der Waals surface area contributed by atoms with Crippen LogP contribution >= 0.6 is 11.8 Å². The van der Waals surface area contributed by atoms with Crippen molar-refractivity contribution in [3.8, 4) is 11.4 Å². The number of hydrogen-bond acceptors (Lipinski definition) is 4. The molecule has 1 aromatic carbocycles. The van der Waals surface area contributed by atoms with Crippen LogP contribution in [0.15, 0.2) is 36.5 Å². The quantitative estimate of drug-likeness (QED) is 0.793. The first-order valence-electron chi connectivity index (χ1n) is 10.1. The average Bonchev–Trinajstić information content (AvgIpc) is 3.06. The molecule has 1 aromatic heterocycles. The maximum absolute atomic E-state index is 5.14. The maximum atomic E-state index is 5.14. The molecule has 1 atom stereocenters. The van der Waals surface area contributed by atoms with Crippen LogP contribution in [-0.4, -0.2) is 45.5 Å². The zero-order valence-corrected chi connectivity index (χ0v) is 16.2. The lowest BCUT2D eigenvalue weighted by molar-refractivity contribution is 0.0943. The van der Waals surface area contributed by atoms with E-state index in [2.05, 4.69) is 58.2 Å². The topological polar surface area (TPSA) is 29.0 Å². The second-order valence-corrected chi connectivity index (χ2v) is 9.36. The van der Waals surface area contributed by atoms with Gasteiger partial charge in [0.05, 0.1) is 5.69 Å². The highest BCUT2D eigenvalue weighted by molar-refractivity contribution is 7.99. The third kappa shape index (κ3) is 2.97. The van der Waals surface area contributed by atoms with Crippen LogP contribution in [0.3, 0.4) is 0 Å². The van der Waals surface area contributed by atoms with Crippen LogP contribution in [0.5, 0.6) is 0 Å². The largest absolute Gasteiger partial charge is 0.299 e. The number of hydrogen-bond donors (Lipinski definition) is 0. The fourth-order valence-electron chi connectivity index (χ4n) is 5.19. The molecule has 0 amide bonds. The summed E-state index contributed by atoms with van der Waals surface area (Å²) >= 11 is 2.13. The van der Waals surface area contributed by atoms with E-state index in [0.29, 0.717) is 0 Å². The van der Waals surface area contributed by atoms with E-state index in [1.165, 1.54) is 68.0 Å². The number of benzene rings is 1. The molecule has 2 fully saturated rings. The number of aryl methyl sites for hydroxylation is 1. The van der Waals surface area contributed by atoms with E-state index in [4.69, 9.17) is 4.98 Å². The molecule has 1 unspecified atom stereocenters. The molecule has 26 heavy (non-hydrogen) atoms. The van der Waals surface area contributed by atoms with E-state index in [-0.39, 0.29) is 5.41 Å². The third-order valence-corrected chi connectivity index (χ3v) is 7.63. The van der Waals surface area contributed by atoms with Gasteiger partial charge in [0, 0.05) is 29.8 Å². The van der Waals surface area contributed by atoms with Crippen LogP contribution < -0.4 is 0 Å². The maximum Gasteiger partial charge on any atom is 0.159 e. The molecule has 5 rings (SSSR count). The Morgan fingerprint density at radius 2 is 1.92 bits per heavy atom. The van der Waals surface area contributed by atoms with E-state index in [1.807, 2.05) is 0 Å². The predicted octanol–water partition coefficient (Wildman–Crippen LogP) is 4.32. The van der Waals surface area contributed by atoms with E-state index in [9.17, 15) is 0 Å². The van der Waals surface area contributed by atoms with Crippen LogP contribution in [0.25, 0.3) is 11.4 Å². The van der Waals surface area contributed by atoms with E-state index in [1.54, 1.807) is 0 Å². The van der Waals surface area contributed by atoms with Crippen molar-refractivity contribution in [3.63, 3.8) is 0 Å². The van der Waals surface area contributed by atoms with E-state index < -0.39 is 0 Å². The Kier molecular flexibility index (Phi) is 4.49. The number of likely N-dealkylation sites (tertiary alicyclic amines) is 1. The first-order chi connectivity index (χ1) is 12.8. The minimum atomic E-state index is 0.268. The highest BCUT2D eigenvalue weighted by Crippen LogP contribution is 2.45. The minimum absolute atomic E-state index is 0.268. The highest BCUT2D eigenvalue weighted by Gasteiger charge is 2.45. The SMILES string of the molecule is c1ccc(-c2ncc3c(n2)C2(CCCN(C4CCSCC4)C2)CC3)cc1. The van der Waals surface area contributed by atoms with Gasteiger partial charge in [0.25, 0.3) is 0 Å². The van der Waals surface area contributed by atoms with E-state index >= 15 is 0 Å². The van der Waals surface area contributed by atoms with Crippen molar-refractivity contribution in [1.29, 1.82) is 0 Å². The lowest BCUT2D eigenvalue weighted by Gasteiger charge is -2.45. The van der Waals surface area contributed by atoms with Gasteiger partial charge in [-0.3, -0.25) is 4.90 Å². The van der Waals surface area contributed by atoms with Crippen molar-refractivity contribution in [3.05, 3.63) is 47.8 Å². The van der Waals surface area contributed by atoms with Crippen molar-refractivity contribution in [1.82, 2.24) is 14.9 Å². The van der Waals surface area contributed by atoms with Gasteiger partial charge in [-0.15, -0.1) is 0 Å². The molecule has 0 saturated carbocycles. The van der Waals surface area contributed by atoms with Crippen molar-refractivity contribution in [2.75, 3.05) is 24.6 Å². The molecule has 3 aliphatic rings. The molecule has 3 nitrogen and oxygen atoms in total. The molecule has 0 radical (unpaired) electrons. The minimum Gasteiger partial charge on any atom is -0.299 e. The molecule has 2 aromatic rings. The first-order valence-corrected chi connectivity index (χ1v) is 11.2. The lowest BCUT2D eigenvalue weighted by Crippen LogP contribution is -2.50. The Balaban J connectivity index is 1.46. The number of fused-ring (bicyclic) bond motifs is 2. The Labute approximate surface area is 160 Å². The Morgan fingerprint density at radius 1 is 1.08 bits per heavy atom. The monoisotopic (exact) mass is 365 g/mol. The summed E-state index contributed by atoms with van der Waals surface area (Å²) in [6.07, 6.45) is 9.86. The number of thioether (sulfide) groups is 1. The van der Waals surface area contributed by atoms with Gasteiger partial charge in [0.15, 0.2) is 5.82 Å². The molecule has 1 aliphatic carbocycles. The summed E-state index contributed by atoms with van der Waals surface area (Å²) in [6, 6.07) is 11.2. The second-order valence-electron chi connectivity index (χ2n) is 8.13. The molecule has 4 heteroatoms. The molecule has 2 saturated heterocycles. The van der Waals surface area contributed by atoms with Crippen molar-refractivity contribution < 1.29 is 0 Å². The summed E-state index contributed by atoms with van der Waals surface area (Å²) < 4.78 is 0. The van der Waals surface area contributed by atoms with Crippen LogP contribution in [0.1, 0.15) is 43.4 Å². The number of rotatable bonds is 2. The summed E-state index contributed by atoms with van der Waals surface area (Å²) in [4.78, 5) is 12.6. The van der Waals surface area contributed by atoms with Crippen LogP contribution in [0.4, 0.5) is 0 Å². The Hall–Kier alpha value is -1.39. The summed E-state index contributed by atoms with van der Waals surface area (Å²) in [5, 5.41) is 0. The van der Waals surface area contributed by atoms with Crippen LogP contribution in [0.2, 0.25) is 0 Å². The van der Waals surface area contributed by atoms with Crippen LogP contribution in [0, 0.1) is 0 Å². The normalized spacial score (nSPS) is 26.9. The van der Waals surface area contributed by atoms with Gasteiger partial charge in [0.2, 0.25) is 0 Å². The lowest BCUT2D eigenvalue weighted by atomic mass is 9.77. The van der Waals surface area contributed by atoms with Crippen molar-refractivity contribution >= 4 is 11.8 Å². The summed E-state index contributed by atoms with van der Waals surface area (Å²) in [5.41, 5.74) is 4.16. The first kappa shape index (κ1) is 16.8. The number of aromatic nitrogens is 2. The zero-order valence-electron chi connectivity index (χ0n) is 15.4. The van der Waals surface area contributed by atoms with Crippen LogP contribution in [-0.2, 0) is 11.8 Å². The Morgan fingerprint density at radius 3 is 2.77 bits per heavy atom. The van der Waals surface area contributed by atoms with E-state index in [0.717, 1.165) is 23.9 Å². The second kappa shape index (κ2) is 6.97. The predicted molar refractivity (Wildman–Crippen MR) is 109 cm³/mol. The molecule has 1 spiro atoms. The summed E-state index contributed by atoms with van der Waals surface area (Å²) in [6.45, 7) is 2.49. The molecular weight excluding hydrogens is 338 g/mol. The van der Waals surface area contributed by atoms with Gasteiger partial charge in [-0.25, -0.2) is 9.97 Å². The van der Waals surface area contributed by atoms with Gasteiger partial charge in [-0.1, -0.05) is 30.3 Å². The van der Waals surface area contributed by atoms with Gasteiger partial charge in [-0.05, 0) is 62.1 Å². The summed E-state index contributed by atoms with van der Waals surface area (Å²) in [5.74, 6) is 3.58. The van der Waals surface area contributed by atoms with Gasteiger partial charge < -0.3 is 0 Å². The van der Waals surface area contributed by atoms with Crippen molar-refractivity contribution in [2.45, 2.75) is 50.0 Å². The molecule has 2 aliphatic heterocycles. The fraction of sp³-hybridized carbons (Fsp3) is 0.545. The molecule has 0 bridgehead atoms. The zero-order chi connectivity index (χ0) is 17.4. The number of piperidine rings is 1. The van der Waals surface area contributed by atoms with Gasteiger partial charge in [0.1, 0.15) is 0 Å². The van der Waals surface area contributed by atoms with Gasteiger partial charge in [-0.2, -0.15) is 11.8 Å². The summed E-state index contributed by atoms with van der Waals surface area (Å²) in [7, 11) is 0. The fourth-order valence-corrected chi connectivity index (χ4v) is 6.28.